The fourth-order valence-corrected chi connectivity index (χ4v) is 7.02. The molecule has 33 heavy (non-hydrogen) atoms. The zero-order valence-electron chi connectivity index (χ0n) is 19.1. The predicted molar refractivity (Wildman–Crippen MR) is 130 cm³/mol. The van der Waals surface area contributed by atoms with E-state index in [4.69, 9.17) is 0 Å². The molecule has 2 aliphatic heterocycles. The Bertz CT molecular complexity index is 1090. The molecule has 0 radical (unpaired) electrons. The Hall–Kier alpha value is -2.38. The van der Waals surface area contributed by atoms with Gasteiger partial charge >= 0.3 is 0 Å². The molecule has 7 heteroatoms. The maximum atomic E-state index is 13.0. The maximum Gasteiger partial charge on any atom is 0.243 e. The van der Waals surface area contributed by atoms with E-state index in [1.54, 1.807) is 16.4 Å². The van der Waals surface area contributed by atoms with Gasteiger partial charge in [0.2, 0.25) is 15.9 Å². The van der Waals surface area contributed by atoms with Crippen molar-refractivity contribution in [3.8, 4) is 0 Å². The number of benzene rings is 2. The standard InChI is InChI=1S/C26H33N3O3S/c30-26(27-25-9-5-7-20-6-1-2-8-24(20)25)21-14-18-28(19-15-21)22-10-12-23(13-11-22)33(31,32)29-16-3-4-17-29/h1-2,6,8,10-13,21,25H,3-5,7,9,14-19H2,(H,27,30). The molecule has 1 unspecified atom stereocenters. The third-order valence-electron chi connectivity index (χ3n) is 7.46. The zero-order chi connectivity index (χ0) is 22.8. The highest BCUT2D eigenvalue weighted by Gasteiger charge is 2.30. The number of nitrogens with one attached hydrogen (secondary N) is 1. The molecular formula is C26H33N3O3S. The van der Waals surface area contributed by atoms with Crippen LogP contribution in [-0.4, -0.2) is 44.8 Å². The monoisotopic (exact) mass is 467 g/mol. The molecule has 0 bridgehead atoms. The van der Waals surface area contributed by atoms with E-state index in [2.05, 4.69) is 34.5 Å². The number of carbonyl (C=O) groups is 1. The molecule has 6 nitrogen and oxygen atoms in total. The lowest BCUT2D eigenvalue weighted by atomic mass is 9.87. The highest BCUT2D eigenvalue weighted by molar-refractivity contribution is 7.89. The van der Waals surface area contributed by atoms with Gasteiger partial charge < -0.3 is 10.2 Å². The molecule has 2 saturated heterocycles. The number of hydrogen-bond donors (Lipinski definition) is 1. The fraction of sp³-hybridized carbons (Fsp3) is 0.500. The summed E-state index contributed by atoms with van der Waals surface area (Å²) in [5.41, 5.74) is 3.66. The quantitative estimate of drug-likeness (QED) is 0.725. The number of aryl methyl sites for hydroxylation is 1. The Morgan fingerprint density at radius 1 is 0.848 bits per heavy atom. The second-order valence-electron chi connectivity index (χ2n) is 9.52. The first kappa shape index (κ1) is 22.4. The van der Waals surface area contributed by atoms with Crippen LogP contribution < -0.4 is 10.2 Å². The van der Waals surface area contributed by atoms with Crippen molar-refractivity contribution in [3.05, 3.63) is 59.7 Å². The van der Waals surface area contributed by atoms with Crippen molar-refractivity contribution in [2.45, 2.75) is 55.9 Å². The van der Waals surface area contributed by atoms with Crippen molar-refractivity contribution in [1.82, 2.24) is 9.62 Å². The smallest absolute Gasteiger partial charge is 0.243 e. The van der Waals surface area contributed by atoms with E-state index in [0.717, 1.165) is 63.7 Å². The molecule has 2 aromatic carbocycles. The van der Waals surface area contributed by atoms with Crippen LogP contribution in [0.2, 0.25) is 0 Å². The SMILES string of the molecule is O=C(NC1CCCc2ccccc21)C1CCN(c2ccc(S(=O)(=O)N3CCCC3)cc2)CC1. The second kappa shape index (κ2) is 9.47. The summed E-state index contributed by atoms with van der Waals surface area (Å²) in [6.07, 6.45) is 6.72. The topological polar surface area (TPSA) is 69.7 Å². The van der Waals surface area contributed by atoms with E-state index in [0.29, 0.717) is 18.0 Å². The van der Waals surface area contributed by atoms with Gasteiger partial charge in [-0.2, -0.15) is 4.31 Å². The first-order valence-corrected chi connectivity index (χ1v) is 13.7. The van der Waals surface area contributed by atoms with Crippen LogP contribution in [0.5, 0.6) is 0 Å². The summed E-state index contributed by atoms with van der Waals surface area (Å²) in [6, 6.07) is 15.8. The molecule has 1 N–H and O–H groups in total. The fourth-order valence-electron chi connectivity index (χ4n) is 5.50. The van der Waals surface area contributed by atoms with Crippen molar-refractivity contribution in [2.75, 3.05) is 31.1 Å². The number of hydrogen-bond acceptors (Lipinski definition) is 4. The Balaban J connectivity index is 1.17. The van der Waals surface area contributed by atoms with Crippen molar-refractivity contribution >= 4 is 21.6 Å². The van der Waals surface area contributed by atoms with Gasteiger partial charge in [0.05, 0.1) is 10.9 Å². The summed E-state index contributed by atoms with van der Waals surface area (Å²) in [7, 11) is -3.38. The molecule has 1 amide bonds. The van der Waals surface area contributed by atoms with Crippen LogP contribution in [-0.2, 0) is 21.2 Å². The lowest BCUT2D eigenvalue weighted by Crippen LogP contribution is -2.42. The summed E-state index contributed by atoms with van der Waals surface area (Å²) in [4.78, 5) is 15.6. The molecular weight excluding hydrogens is 434 g/mol. The van der Waals surface area contributed by atoms with Crippen LogP contribution >= 0.6 is 0 Å². The highest BCUT2D eigenvalue weighted by atomic mass is 32.2. The van der Waals surface area contributed by atoms with Crippen LogP contribution in [0.4, 0.5) is 5.69 Å². The Morgan fingerprint density at radius 2 is 1.55 bits per heavy atom. The molecule has 2 aromatic rings. The minimum Gasteiger partial charge on any atom is -0.371 e. The third kappa shape index (κ3) is 4.66. The minimum absolute atomic E-state index is 0.0326. The number of carbonyl (C=O) groups excluding carboxylic acids is 1. The number of nitrogens with zero attached hydrogens (tertiary/aromatic N) is 2. The first-order valence-electron chi connectivity index (χ1n) is 12.3. The molecule has 5 rings (SSSR count). The molecule has 2 fully saturated rings. The van der Waals surface area contributed by atoms with Gasteiger partial charge in [-0.15, -0.1) is 0 Å². The molecule has 0 spiro atoms. The number of sulfonamides is 1. The van der Waals surface area contributed by atoms with E-state index in [1.165, 1.54) is 11.1 Å². The van der Waals surface area contributed by atoms with E-state index < -0.39 is 10.0 Å². The summed E-state index contributed by atoms with van der Waals surface area (Å²) in [6.45, 7) is 2.84. The largest absolute Gasteiger partial charge is 0.371 e. The second-order valence-corrected chi connectivity index (χ2v) is 11.5. The Morgan fingerprint density at radius 3 is 2.27 bits per heavy atom. The summed E-state index contributed by atoms with van der Waals surface area (Å²) >= 11 is 0. The van der Waals surface area contributed by atoms with Crippen LogP contribution in [0.1, 0.15) is 55.7 Å². The predicted octanol–water partition coefficient (Wildman–Crippen LogP) is 3.88. The first-order chi connectivity index (χ1) is 16.0. The Kier molecular flexibility index (Phi) is 6.43. The molecule has 2 heterocycles. The summed E-state index contributed by atoms with van der Waals surface area (Å²) in [5.74, 6) is 0.202. The number of piperidine rings is 1. The van der Waals surface area contributed by atoms with Crippen molar-refractivity contribution < 1.29 is 13.2 Å². The number of amides is 1. The van der Waals surface area contributed by atoms with Crippen molar-refractivity contribution in [1.29, 1.82) is 0 Å². The van der Waals surface area contributed by atoms with Gasteiger partial charge in [-0.05, 0) is 80.3 Å². The normalized spacial score (nSPS) is 22.2. The zero-order valence-corrected chi connectivity index (χ0v) is 19.9. The van der Waals surface area contributed by atoms with E-state index in [1.807, 2.05) is 12.1 Å². The van der Waals surface area contributed by atoms with Gasteiger partial charge in [-0.25, -0.2) is 8.42 Å². The number of anilines is 1. The van der Waals surface area contributed by atoms with Gasteiger partial charge in [0.1, 0.15) is 0 Å². The van der Waals surface area contributed by atoms with Gasteiger partial charge in [0.15, 0.2) is 0 Å². The highest BCUT2D eigenvalue weighted by Crippen LogP contribution is 2.31. The van der Waals surface area contributed by atoms with Crippen molar-refractivity contribution in [3.63, 3.8) is 0 Å². The third-order valence-corrected chi connectivity index (χ3v) is 9.37. The summed E-state index contributed by atoms with van der Waals surface area (Å²) < 4.78 is 27.1. The van der Waals surface area contributed by atoms with Crippen LogP contribution in [0.3, 0.4) is 0 Å². The average Bonchev–Trinajstić information content (AvgIpc) is 3.41. The van der Waals surface area contributed by atoms with Crippen LogP contribution in [0, 0.1) is 5.92 Å². The molecule has 0 aromatic heterocycles. The minimum atomic E-state index is -3.38. The van der Waals surface area contributed by atoms with Crippen LogP contribution in [0.25, 0.3) is 0 Å². The van der Waals surface area contributed by atoms with E-state index in [-0.39, 0.29) is 17.9 Å². The van der Waals surface area contributed by atoms with E-state index in [9.17, 15) is 13.2 Å². The molecule has 3 aliphatic rings. The van der Waals surface area contributed by atoms with Gasteiger partial charge in [0, 0.05) is 37.8 Å². The molecule has 0 saturated carbocycles. The van der Waals surface area contributed by atoms with Crippen LogP contribution in [0.15, 0.2) is 53.4 Å². The average molecular weight is 468 g/mol. The lowest BCUT2D eigenvalue weighted by molar-refractivity contribution is -0.126. The summed E-state index contributed by atoms with van der Waals surface area (Å²) in [5, 5.41) is 3.32. The van der Waals surface area contributed by atoms with Gasteiger partial charge in [-0.3, -0.25) is 4.79 Å². The number of rotatable bonds is 5. The molecule has 1 aliphatic carbocycles. The van der Waals surface area contributed by atoms with Gasteiger partial charge in [0.25, 0.3) is 0 Å². The lowest BCUT2D eigenvalue weighted by Gasteiger charge is -2.34. The maximum absolute atomic E-state index is 13.0. The van der Waals surface area contributed by atoms with Gasteiger partial charge in [-0.1, -0.05) is 24.3 Å². The molecule has 176 valence electrons. The molecule has 1 atom stereocenters. The van der Waals surface area contributed by atoms with E-state index >= 15 is 0 Å². The van der Waals surface area contributed by atoms with Crippen molar-refractivity contribution in [2.24, 2.45) is 5.92 Å². The number of fused-ring (bicyclic) bond motifs is 1. The Labute approximate surface area is 197 Å².